The monoisotopic (exact) mass is 201 g/mol. The molecule has 14 heavy (non-hydrogen) atoms. The van der Waals surface area contributed by atoms with Gasteiger partial charge in [0.1, 0.15) is 0 Å². The molecule has 2 atom stereocenters. The largest absolute Gasteiger partial charge is 0.465 e. The first-order chi connectivity index (χ1) is 6.24. The lowest BCUT2D eigenvalue weighted by molar-refractivity contribution is -0.0884. The van der Waals surface area contributed by atoms with Gasteiger partial charge in [0.15, 0.2) is 0 Å². The Morgan fingerprint density at radius 3 is 2.43 bits per heavy atom. The maximum atomic E-state index is 10.5. The molecule has 0 aromatic rings. The van der Waals surface area contributed by atoms with Crippen molar-refractivity contribution in [2.75, 3.05) is 0 Å². The first kappa shape index (κ1) is 11.3. The van der Waals surface area contributed by atoms with Gasteiger partial charge in [-0.05, 0) is 31.6 Å². The molecular formula is C10H19NO3. The van der Waals surface area contributed by atoms with E-state index in [1.165, 1.54) is 0 Å². The molecule has 0 bridgehead atoms. The van der Waals surface area contributed by atoms with E-state index in [2.05, 4.69) is 5.32 Å². The van der Waals surface area contributed by atoms with Gasteiger partial charge in [-0.1, -0.05) is 13.8 Å². The number of carboxylic acid groups (broad SMARTS) is 1. The van der Waals surface area contributed by atoms with Gasteiger partial charge < -0.3 is 15.5 Å². The highest BCUT2D eigenvalue weighted by Gasteiger charge is 2.44. The molecule has 0 spiro atoms. The van der Waals surface area contributed by atoms with Crippen LogP contribution in [0.15, 0.2) is 0 Å². The number of amides is 1. The van der Waals surface area contributed by atoms with Crippen molar-refractivity contribution in [2.24, 2.45) is 5.41 Å². The average Bonchev–Trinajstić information content (AvgIpc) is 1.96. The molecule has 1 fully saturated rings. The first-order valence-electron chi connectivity index (χ1n) is 4.96. The van der Waals surface area contributed by atoms with Crippen molar-refractivity contribution < 1.29 is 15.0 Å². The molecule has 1 aliphatic carbocycles. The Morgan fingerprint density at radius 2 is 2.00 bits per heavy atom. The van der Waals surface area contributed by atoms with Gasteiger partial charge >= 0.3 is 6.09 Å². The average molecular weight is 201 g/mol. The van der Waals surface area contributed by atoms with Crippen LogP contribution in [0.4, 0.5) is 4.79 Å². The molecule has 4 nitrogen and oxygen atoms in total. The number of hydrogen-bond acceptors (Lipinski definition) is 2. The van der Waals surface area contributed by atoms with Crippen molar-refractivity contribution in [2.45, 2.75) is 51.7 Å². The number of hydrogen-bond donors (Lipinski definition) is 3. The Labute approximate surface area is 84.3 Å². The van der Waals surface area contributed by atoms with E-state index in [1.54, 1.807) is 0 Å². The van der Waals surface area contributed by atoms with E-state index >= 15 is 0 Å². The van der Waals surface area contributed by atoms with Gasteiger partial charge in [-0.3, -0.25) is 0 Å². The van der Waals surface area contributed by atoms with Crippen molar-refractivity contribution in [3.05, 3.63) is 0 Å². The molecule has 1 amide bonds. The Balaban J connectivity index is 2.63. The second kappa shape index (κ2) is 3.42. The van der Waals surface area contributed by atoms with Gasteiger partial charge in [-0.25, -0.2) is 4.79 Å². The fraction of sp³-hybridized carbons (Fsp3) is 0.900. The summed E-state index contributed by atoms with van der Waals surface area (Å²) in [5, 5.41) is 21.2. The standard InChI is InChI=1S/C10H19NO3/c1-9(2)6-7(11-8(12)13)4-5-10(9,3)14/h7,11,14H,4-6H2,1-3H3,(H,12,13)/t7-,10?/m1/s1. The fourth-order valence-corrected chi connectivity index (χ4v) is 2.03. The van der Waals surface area contributed by atoms with Crippen LogP contribution in [0, 0.1) is 5.41 Å². The number of rotatable bonds is 1. The SMILES string of the molecule is CC1(C)C[C@H](NC(=O)O)CCC1(C)O. The quantitative estimate of drug-likeness (QED) is 0.603. The summed E-state index contributed by atoms with van der Waals surface area (Å²) < 4.78 is 0. The minimum Gasteiger partial charge on any atom is -0.465 e. The minimum absolute atomic E-state index is 0.0253. The van der Waals surface area contributed by atoms with E-state index in [9.17, 15) is 9.90 Å². The van der Waals surface area contributed by atoms with Gasteiger partial charge in [-0.2, -0.15) is 0 Å². The lowest BCUT2D eigenvalue weighted by Gasteiger charge is -2.47. The highest BCUT2D eigenvalue weighted by molar-refractivity contribution is 5.64. The van der Waals surface area contributed by atoms with Crippen LogP contribution in [0.3, 0.4) is 0 Å². The van der Waals surface area contributed by atoms with E-state index < -0.39 is 11.7 Å². The van der Waals surface area contributed by atoms with E-state index in [1.807, 2.05) is 20.8 Å². The zero-order valence-electron chi connectivity index (χ0n) is 9.00. The predicted molar refractivity (Wildman–Crippen MR) is 53.2 cm³/mol. The molecule has 0 aliphatic heterocycles. The lowest BCUT2D eigenvalue weighted by atomic mass is 9.65. The smallest absolute Gasteiger partial charge is 0.404 e. The van der Waals surface area contributed by atoms with Crippen LogP contribution in [0.5, 0.6) is 0 Å². The Kier molecular flexibility index (Phi) is 2.76. The Hall–Kier alpha value is -0.770. The van der Waals surface area contributed by atoms with E-state index in [0.29, 0.717) is 19.3 Å². The van der Waals surface area contributed by atoms with Crippen LogP contribution in [-0.2, 0) is 0 Å². The van der Waals surface area contributed by atoms with Crippen molar-refractivity contribution in [1.82, 2.24) is 5.32 Å². The minimum atomic E-state index is -0.979. The maximum Gasteiger partial charge on any atom is 0.404 e. The number of carbonyl (C=O) groups is 1. The normalized spacial score (nSPS) is 36.4. The zero-order chi connectivity index (χ0) is 11.0. The summed E-state index contributed by atoms with van der Waals surface area (Å²) in [6.07, 6.45) is 1.06. The third-order valence-corrected chi connectivity index (χ3v) is 3.52. The van der Waals surface area contributed by atoms with Crippen LogP contribution in [0.2, 0.25) is 0 Å². The van der Waals surface area contributed by atoms with Crippen LogP contribution in [-0.4, -0.2) is 27.9 Å². The third kappa shape index (κ3) is 2.18. The van der Waals surface area contributed by atoms with Gasteiger partial charge in [0.25, 0.3) is 0 Å². The Bertz CT molecular complexity index is 236. The summed E-state index contributed by atoms with van der Waals surface area (Å²) in [6, 6.07) is -0.0253. The van der Waals surface area contributed by atoms with Crippen LogP contribution < -0.4 is 5.32 Å². The lowest BCUT2D eigenvalue weighted by Crippen LogP contribution is -2.52. The maximum absolute atomic E-state index is 10.5. The second-order valence-electron chi connectivity index (χ2n) is 5.05. The molecule has 1 aliphatic rings. The van der Waals surface area contributed by atoms with Crippen molar-refractivity contribution in [3.8, 4) is 0 Å². The van der Waals surface area contributed by atoms with Crippen molar-refractivity contribution in [1.29, 1.82) is 0 Å². The van der Waals surface area contributed by atoms with Gasteiger partial charge in [-0.15, -0.1) is 0 Å². The molecule has 1 saturated carbocycles. The summed E-state index contributed by atoms with van der Waals surface area (Å²) in [5.41, 5.74) is -0.929. The molecule has 0 aromatic heterocycles. The van der Waals surface area contributed by atoms with Crippen LogP contribution >= 0.6 is 0 Å². The molecule has 0 radical (unpaired) electrons. The molecule has 0 heterocycles. The molecular weight excluding hydrogens is 182 g/mol. The highest BCUT2D eigenvalue weighted by Crippen LogP contribution is 2.43. The van der Waals surface area contributed by atoms with Crippen LogP contribution in [0.1, 0.15) is 40.0 Å². The predicted octanol–water partition coefficient (Wildman–Crippen LogP) is 1.58. The molecule has 0 aromatic carbocycles. The van der Waals surface area contributed by atoms with Gasteiger partial charge in [0.2, 0.25) is 0 Å². The molecule has 3 N–H and O–H groups in total. The number of nitrogens with one attached hydrogen (secondary N) is 1. The van der Waals surface area contributed by atoms with E-state index in [0.717, 1.165) is 0 Å². The number of aliphatic hydroxyl groups is 1. The van der Waals surface area contributed by atoms with Gasteiger partial charge in [0, 0.05) is 6.04 Å². The van der Waals surface area contributed by atoms with Crippen molar-refractivity contribution in [3.63, 3.8) is 0 Å². The van der Waals surface area contributed by atoms with E-state index in [4.69, 9.17) is 5.11 Å². The molecule has 1 unspecified atom stereocenters. The van der Waals surface area contributed by atoms with Crippen LogP contribution in [0.25, 0.3) is 0 Å². The van der Waals surface area contributed by atoms with Gasteiger partial charge in [0.05, 0.1) is 5.60 Å². The van der Waals surface area contributed by atoms with Crippen molar-refractivity contribution >= 4 is 6.09 Å². The molecule has 0 saturated heterocycles. The van der Waals surface area contributed by atoms with E-state index in [-0.39, 0.29) is 11.5 Å². The summed E-state index contributed by atoms with van der Waals surface area (Å²) in [6.45, 7) is 5.77. The summed E-state index contributed by atoms with van der Waals surface area (Å²) in [5.74, 6) is 0. The molecule has 82 valence electrons. The topological polar surface area (TPSA) is 69.6 Å². The first-order valence-corrected chi connectivity index (χ1v) is 4.96. The third-order valence-electron chi connectivity index (χ3n) is 3.52. The molecule has 4 heteroatoms. The molecule has 1 rings (SSSR count). The summed E-state index contributed by atoms with van der Waals surface area (Å²) in [4.78, 5) is 10.5. The summed E-state index contributed by atoms with van der Waals surface area (Å²) in [7, 11) is 0. The second-order valence-corrected chi connectivity index (χ2v) is 5.05. The Morgan fingerprint density at radius 1 is 1.43 bits per heavy atom. The summed E-state index contributed by atoms with van der Waals surface area (Å²) >= 11 is 0. The highest BCUT2D eigenvalue weighted by atomic mass is 16.4. The zero-order valence-corrected chi connectivity index (χ0v) is 9.00. The fourth-order valence-electron chi connectivity index (χ4n) is 2.03.